The molecule has 0 saturated carbocycles. The van der Waals surface area contributed by atoms with Crippen LogP contribution in [0.25, 0.3) is 0 Å². The van der Waals surface area contributed by atoms with Crippen LogP contribution in [-0.4, -0.2) is 23.5 Å². The molecule has 1 atom stereocenters. The Labute approximate surface area is 106 Å². The number of nitrogens with zero attached hydrogens (tertiary/aromatic N) is 1. The molecule has 0 aliphatic rings. The highest BCUT2D eigenvalue weighted by Gasteiger charge is 2.29. The molecule has 1 aromatic heterocycles. The molecular formula is C10H12BrNO3S. The van der Waals surface area contributed by atoms with E-state index in [4.69, 9.17) is 5.11 Å². The van der Waals surface area contributed by atoms with Crippen molar-refractivity contribution in [2.24, 2.45) is 5.92 Å². The van der Waals surface area contributed by atoms with Crippen LogP contribution in [0.1, 0.15) is 13.8 Å². The molecule has 0 aliphatic carbocycles. The van der Waals surface area contributed by atoms with E-state index < -0.39 is 12.0 Å². The molecule has 1 unspecified atom stereocenters. The van der Waals surface area contributed by atoms with Crippen molar-refractivity contribution in [1.82, 2.24) is 0 Å². The zero-order valence-electron chi connectivity index (χ0n) is 8.88. The van der Waals surface area contributed by atoms with Crippen LogP contribution < -0.4 is 4.90 Å². The lowest BCUT2D eigenvalue weighted by atomic mass is 10.0. The molecule has 0 aliphatic heterocycles. The van der Waals surface area contributed by atoms with E-state index in [1.165, 1.54) is 16.2 Å². The number of amides is 1. The van der Waals surface area contributed by atoms with Crippen LogP contribution in [-0.2, 0) is 9.59 Å². The minimum Gasteiger partial charge on any atom is -0.480 e. The summed E-state index contributed by atoms with van der Waals surface area (Å²) in [4.78, 5) is 23.4. The van der Waals surface area contributed by atoms with Crippen molar-refractivity contribution < 1.29 is 14.7 Å². The van der Waals surface area contributed by atoms with E-state index in [1.807, 2.05) is 0 Å². The summed E-state index contributed by atoms with van der Waals surface area (Å²) >= 11 is 4.61. The van der Waals surface area contributed by atoms with Crippen molar-refractivity contribution in [2.45, 2.75) is 19.9 Å². The summed E-state index contributed by atoms with van der Waals surface area (Å²) in [5, 5.41) is 9.73. The number of hydrogen-bond acceptors (Lipinski definition) is 3. The molecule has 1 N–H and O–H groups in total. The topological polar surface area (TPSA) is 57.6 Å². The average molecular weight is 306 g/mol. The predicted octanol–water partition coefficient (Wildman–Crippen LogP) is 2.58. The van der Waals surface area contributed by atoms with Gasteiger partial charge < -0.3 is 5.11 Å². The number of carbonyl (C=O) groups excluding carboxylic acids is 1. The summed E-state index contributed by atoms with van der Waals surface area (Å²) < 4.78 is 0.863. The van der Waals surface area contributed by atoms with Crippen LogP contribution in [0.5, 0.6) is 0 Å². The molecule has 6 heteroatoms. The lowest BCUT2D eigenvalue weighted by Crippen LogP contribution is -2.43. The number of halogens is 1. The second kappa shape index (κ2) is 5.45. The number of carboxylic acids is 1. The highest BCUT2D eigenvalue weighted by Crippen LogP contribution is 2.31. The van der Waals surface area contributed by atoms with Crippen LogP contribution in [0.3, 0.4) is 0 Å². The van der Waals surface area contributed by atoms with Crippen LogP contribution in [0.2, 0.25) is 0 Å². The summed E-state index contributed by atoms with van der Waals surface area (Å²) in [6.45, 7) is 3.55. The molecule has 1 aromatic rings. The van der Waals surface area contributed by atoms with E-state index in [9.17, 15) is 9.59 Å². The highest BCUT2D eigenvalue weighted by molar-refractivity contribution is 9.11. The maximum Gasteiger partial charge on any atom is 0.327 e. The Kier molecular flexibility index (Phi) is 4.49. The first kappa shape index (κ1) is 13.2. The van der Waals surface area contributed by atoms with Crippen molar-refractivity contribution in [3.8, 4) is 0 Å². The second-order valence-corrected chi connectivity index (χ2v) is 6.06. The minimum absolute atomic E-state index is 0.149. The maximum atomic E-state index is 11.1. The number of thiophene rings is 1. The van der Waals surface area contributed by atoms with Crippen molar-refractivity contribution in [3.05, 3.63) is 15.9 Å². The third-order valence-electron chi connectivity index (χ3n) is 2.11. The van der Waals surface area contributed by atoms with E-state index in [1.54, 1.807) is 26.0 Å². The second-order valence-electron chi connectivity index (χ2n) is 3.62. The lowest BCUT2D eigenvalue weighted by Gasteiger charge is -2.26. The first-order valence-electron chi connectivity index (χ1n) is 4.69. The van der Waals surface area contributed by atoms with Gasteiger partial charge in [-0.25, -0.2) is 4.79 Å². The van der Waals surface area contributed by atoms with E-state index in [0.717, 1.165) is 3.79 Å². The zero-order valence-corrected chi connectivity index (χ0v) is 11.3. The van der Waals surface area contributed by atoms with Gasteiger partial charge in [0.2, 0.25) is 6.41 Å². The van der Waals surface area contributed by atoms with Gasteiger partial charge in [-0.15, -0.1) is 11.3 Å². The normalized spacial score (nSPS) is 12.5. The quantitative estimate of drug-likeness (QED) is 0.851. The Bertz CT molecular complexity index is 391. The van der Waals surface area contributed by atoms with Gasteiger partial charge in [-0.2, -0.15) is 0 Å². The number of carbonyl (C=O) groups is 2. The standard InChI is InChI=1S/C10H12BrNO3S/c1-6(2)9(10(14)15)12(5-13)8-4-3-7(11)16-8/h3-6,9H,1-2H3,(H,14,15). The number of hydrogen-bond donors (Lipinski definition) is 1. The van der Waals surface area contributed by atoms with Gasteiger partial charge in [0.15, 0.2) is 0 Å². The van der Waals surface area contributed by atoms with E-state index in [0.29, 0.717) is 11.4 Å². The van der Waals surface area contributed by atoms with Crippen molar-refractivity contribution in [3.63, 3.8) is 0 Å². The third kappa shape index (κ3) is 2.82. The third-order valence-corrected chi connectivity index (χ3v) is 3.75. The number of anilines is 1. The molecule has 0 aromatic carbocycles. The Morgan fingerprint density at radius 2 is 2.19 bits per heavy atom. The Morgan fingerprint density at radius 1 is 1.56 bits per heavy atom. The summed E-state index contributed by atoms with van der Waals surface area (Å²) in [6.07, 6.45) is 0.567. The highest BCUT2D eigenvalue weighted by atomic mass is 79.9. The van der Waals surface area contributed by atoms with Gasteiger partial charge in [-0.3, -0.25) is 9.69 Å². The molecule has 0 saturated heterocycles. The van der Waals surface area contributed by atoms with Gasteiger partial charge in [0.1, 0.15) is 6.04 Å². The fraction of sp³-hybridized carbons (Fsp3) is 0.400. The number of carboxylic acid groups (broad SMARTS) is 1. The van der Waals surface area contributed by atoms with E-state index >= 15 is 0 Å². The molecule has 16 heavy (non-hydrogen) atoms. The molecule has 1 amide bonds. The molecule has 1 rings (SSSR count). The molecule has 88 valence electrons. The van der Waals surface area contributed by atoms with Gasteiger partial charge in [0.25, 0.3) is 0 Å². The lowest BCUT2D eigenvalue weighted by molar-refractivity contribution is -0.140. The molecule has 1 heterocycles. The van der Waals surface area contributed by atoms with Crippen LogP contribution in [0.15, 0.2) is 15.9 Å². The number of aliphatic carboxylic acids is 1. The molecule has 0 fully saturated rings. The molecule has 4 nitrogen and oxygen atoms in total. The predicted molar refractivity (Wildman–Crippen MR) is 66.8 cm³/mol. The van der Waals surface area contributed by atoms with E-state index in [-0.39, 0.29) is 5.92 Å². The molecule has 0 spiro atoms. The van der Waals surface area contributed by atoms with Crippen LogP contribution in [0, 0.1) is 5.92 Å². The fourth-order valence-electron chi connectivity index (χ4n) is 1.42. The number of rotatable bonds is 5. The summed E-state index contributed by atoms with van der Waals surface area (Å²) in [6, 6.07) is 2.68. The van der Waals surface area contributed by atoms with Crippen molar-refractivity contribution >= 4 is 44.6 Å². The first-order chi connectivity index (χ1) is 7.47. The van der Waals surface area contributed by atoms with Gasteiger partial charge in [-0.05, 0) is 34.0 Å². The zero-order chi connectivity index (χ0) is 12.3. The van der Waals surface area contributed by atoms with Gasteiger partial charge in [0.05, 0.1) is 8.79 Å². The Hall–Kier alpha value is -0.880. The molecule has 0 radical (unpaired) electrons. The Balaban J connectivity index is 3.04. The monoisotopic (exact) mass is 305 g/mol. The largest absolute Gasteiger partial charge is 0.480 e. The van der Waals surface area contributed by atoms with Crippen LogP contribution >= 0.6 is 27.3 Å². The fourth-order valence-corrected chi connectivity index (χ4v) is 2.79. The molecule has 0 bridgehead atoms. The summed E-state index contributed by atoms with van der Waals surface area (Å²) in [5.74, 6) is -1.14. The first-order valence-corrected chi connectivity index (χ1v) is 6.30. The van der Waals surface area contributed by atoms with Crippen molar-refractivity contribution in [2.75, 3.05) is 4.90 Å². The van der Waals surface area contributed by atoms with Gasteiger partial charge >= 0.3 is 5.97 Å². The average Bonchev–Trinajstić information content (AvgIpc) is 2.59. The molecular weight excluding hydrogens is 294 g/mol. The Morgan fingerprint density at radius 3 is 2.50 bits per heavy atom. The van der Waals surface area contributed by atoms with E-state index in [2.05, 4.69) is 15.9 Å². The van der Waals surface area contributed by atoms with Gasteiger partial charge in [0, 0.05) is 0 Å². The smallest absolute Gasteiger partial charge is 0.327 e. The van der Waals surface area contributed by atoms with Crippen molar-refractivity contribution in [1.29, 1.82) is 0 Å². The maximum absolute atomic E-state index is 11.1. The van der Waals surface area contributed by atoms with Crippen LogP contribution in [0.4, 0.5) is 5.00 Å². The summed E-state index contributed by atoms with van der Waals surface area (Å²) in [5.41, 5.74) is 0. The van der Waals surface area contributed by atoms with Gasteiger partial charge in [-0.1, -0.05) is 13.8 Å². The SMILES string of the molecule is CC(C)C(C(=O)O)N(C=O)c1ccc(Br)s1. The summed E-state index contributed by atoms with van der Waals surface area (Å²) in [7, 11) is 0. The minimum atomic E-state index is -0.994.